The van der Waals surface area contributed by atoms with Gasteiger partial charge in [-0.15, -0.1) is 10.2 Å². The van der Waals surface area contributed by atoms with Crippen LogP contribution in [0.5, 0.6) is 0 Å². The van der Waals surface area contributed by atoms with E-state index in [0.717, 1.165) is 5.56 Å². The molecule has 0 spiro atoms. The maximum Gasteiger partial charge on any atom is 0.251 e. The Labute approximate surface area is 171 Å². The molecule has 0 aliphatic carbocycles. The van der Waals surface area contributed by atoms with Gasteiger partial charge in [-0.25, -0.2) is 0 Å². The average Bonchev–Trinajstić information content (AvgIpc) is 3.07. The third-order valence-electron chi connectivity index (χ3n) is 3.93. The molecule has 0 bridgehead atoms. The highest BCUT2D eigenvalue weighted by Gasteiger charge is 2.13. The summed E-state index contributed by atoms with van der Waals surface area (Å²) in [6.07, 6.45) is 0. The SMILES string of the molecule is CNC(=O)c1ccc(NC(=O)CSc2nnc(-c3ccc(Cl)cc3)n2C)cc1. The number of rotatable bonds is 6. The molecule has 2 aromatic carbocycles. The fourth-order valence-electron chi connectivity index (χ4n) is 2.47. The number of amides is 2. The first-order valence-electron chi connectivity index (χ1n) is 8.38. The molecule has 0 saturated carbocycles. The summed E-state index contributed by atoms with van der Waals surface area (Å²) < 4.78 is 1.83. The molecule has 0 unspecified atom stereocenters. The van der Waals surface area contributed by atoms with Crippen LogP contribution in [0.2, 0.25) is 5.02 Å². The van der Waals surface area contributed by atoms with Crippen molar-refractivity contribution >= 4 is 40.9 Å². The summed E-state index contributed by atoms with van der Waals surface area (Å²) in [6, 6.07) is 14.0. The van der Waals surface area contributed by atoms with Crippen molar-refractivity contribution in [3.63, 3.8) is 0 Å². The molecule has 0 aliphatic rings. The van der Waals surface area contributed by atoms with E-state index in [1.165, 1.54) is 11.8 Å². The number of carbonyl (C=O) groups excluding carboxylic acids is 2. The second kappa shape index (κ2) is 8.90. The van der Waals surface area contributed by atoms with Crippen LogP contribution in [0.4, 0.5) is 5.69 Å². The third-order valence-corrected chi connectivity index (χ3v) is 5.20. The molecule has 0 saturated heterocycles. The van der Waals surface area contributed by atoms with E-state index >= 15 is 0 Å². The number of hydrogen-bond acceptors (Lipinski definition) is 5. The van der Waals surface area contributed by atoms with Crippen LogP contribution in [0.3, 0.4) is 0 Å². The Hall–Kier alpha value is -2.84. The fourth-order valence-corrected chi connectivity index (χ4v) is 3.30. The van der Waals surface area contributed by atoms with Gasteiger partial charge in [0.25, 0.3) is 5.91 Å². The van der Waals surface area contributed by atoms with Crippen molar-refractivity contribution in [2.75, 3.05) is 18.1 Å². The molecule has 3 aromatic rings. The minimum atomic E-state index is -0.174. The van der Waals surface area contributed by atoms with E-state index < -0.39 is 0 Å². The highest BCUT2D eigenvalue weighted by atomic mass is 35.5. The quantitative estimate of drug-likeness (QED) is 0.603. The summed E-state index contributed by atoms with van der Waals surface area (Å²) in [4.78, 5) is 23.7. The van der Waals surface area contributed by atoms with E-state index in [0.29, 0.717) is 27.3 Å². The molecule has 0 aliphatic heterocycles. The fraction of sp³-hybridized carbons (Fsp3) is 0.158. The molecule has 9 heteroatoms. The molecular weight excluding hydrogens is 398 g/mol. The van der Waals surface area contributed by atoms with Gasteiger partial charge in [-0.2, -0.15) is 0 Å². The van der Waals surface area contributed by atoms with E-state index in [4.69, 9.17) is 11.6 Å². The van der Waals surface area contributed by atoms with Crippen molar-refractivity contribution in [2.24, 2.45) is 7.05 Å². The lowest BCUT2D eigenvalue weighted by molar-refractivity contribution is -0.113. The van der Waals surface area contributed by atoms with E-state index in [-0.39, 0.29) is 17.6 Å². The lowest BCUT2D eigenvalue weighted by Gasteiger charge is -2.07. The van der Waals surface area contributed by atoms with Crippen LogP contribution in [0.25, 0.3) is 11.4 Å². The van der Waals surface area contributed by atoms with Crippen molar-refractivity contribution < 1.29 is 9.59 Å². The normalized spacial score (nSPS) is 10.5. The van der Waals surface area contributed by atoms with Gasteiger partial charge in [0.15, 0.2) is 11.0 Å². The number of hydrogen-bond donors (Lipinski definition) is 2. The van der Waals surface area contributed by atoms with Gasteiger partial charge < -0.3 is 15.2 Å². The summed E-state index contributed by atoms with van der Waals surface area (Å²) in [7, 11) is 3.42. The standard InChI is InChI=1S/C19H18ClN5O2S/c1-21-18(27)13-5-9-15(10-6-13)22-16(26)11-28-19-24-23-17(25(19)2)12-3-7-14(20)8-4-12/h3-10H,11H2,1-2H3,(H,21,27)(H,22,26). The van der Waals surface area contributed by atoms with Gasteiger partial charge in [0.1, 0.15) is 0 Å². The maximum atomic E-state index is 12.2. The number of aromatic nitrogens is 3. The molecule has 1 heterocycles. The van der Waals surface area contributed by atoms with Crippen LogP contribution in [0.1, 0.15) is 10.4 Å². The summed E-state index contributed by atoms with van der Waals surface area (Å²) in [5.74, 6) is 0.536. The van der Waals surface area contributed by atoms with Crippen molar-refractivity contribution in [2.45, 2.75) is 5.16 Å². The summed E-state index contributed by atoms with van der Waals surface area (Å²) in [5, 5.41) is 15.0. The van der Waals surface area contributed by atoms with E-state index in [9.17, 15) is 9.59 Å². The lowest BCUT2D eigenvalue weighted by atomic mass is 10.2. The molecule has 0 radical (unpaired) electrons. The lowest BCUT2D eigenvalue weighted by Crippen LogP contribution is -2.18. The van der Waals surface area contributed by atoms with Gasteiger partial charge in [0, 0.05) is 35.9 Å². The monoisotopic (exact) mass is 415 g/mol. The Kier molecular flexibility index (Phi) is 6.33. The van der Waals surface area contributed by atoms with Gasteiger partial charge in [-0.05, 0) is 48.5 Å². The number of nitrogens with zero attached hydrogens (tertiary/aromatic N) is 3. The first-order valence-corrected chi connectivity index (χ1v) is 9.74. The second-order valence-electron chi connectivity index (χ2n) is 5.87. The summed E-state index contributed by atoms with van der Waals surface area (Å²) in [5.41, 5.74) is 2.05. The number of carbonyl (C=O) groups is 2. The highest BCUT2D eigenvalue weighted by Crippen LogP contribution is 2.24. The zero-order valence-electron chi connectivity index (χ0n) is 15.3. The molecular formula is C19H18ClN5O2S. The van der Waals surface area contributed by atoms with Crippen LogP contribution >= 0.6 is 23.4 Å². The Bertz CT molecular complexity index is 987. The zero-order chi connectivity index (χ0) is 20.1. The van der Waals surface area contributed by atoms with Gasteiger partial charge in [-0.3, -0.25) is 9.59 Å². The van der Waals surface area contributed by atoms with Crippen molar-refractivity contribution in [3.8, 4) is 11.4 Å². The Morgan fingerprint density at radius 1 is 1.07 bits per heavy atom. The number of anilines is 1. The third kappa shape index (κ3) is 4.71. The molecule has 0 fully saturated rings. The van der Waals surface area contributed by atoms with E-state index in [2.05, 4.69) is 20.8 Å². The minimum absolute atomic E-state index is 0.172. The van der Waals surface area contributed by atoms with Crippen LogP contribution < -0.4 is 10.6 Å². The zero-order valence-corrected chi connectivity index (χ0v) is 16.8. The van der Waals surface area contributed by atoms with Gasteiger partial charge in [-0.1, -0.05) is 23.4 Å². The van der Waals surface area contributed by atoms with Gasteiger partial charge in [0.2, 0.25) is 5.91 Å². The summed E-state index contributed by atoms with van der Waals surface area (Å²) in [6.45, 7) is 0. The molecule has 0 atom stereocenters. The molecule has 3 rings (SSSR count). The molecule has 2 N–H and O–H groups in total. The number of halogens is 1. The van der Waals surface area contributed by atoms with Gasteiger partial charge in [0.05, 0.1) is 5.75 Å². The van der Waals surface area contributed by atoms with Crippen LogP contribution in [-0.4, -0.2) is 39.4 Å². The Morgan fingerprint density at radius 3 is 2.39 bits per heavy atom. The molecule has 7 nitrogen and oxygen atoms in total. The number of thioether (sulfide) groups is 1. The Balaban J connectivity index is 1.59. The summed E-state index contributed by atoms with van der Waals surface area (Å²) >= 11 is 7.21. The van der Waals surface area contributed by atoms with Gasteiger partial charge >= 0.3 is 0 Å². The first kappa shape index (κ1) is 19.9. The Morgan fingerprint density at radius 2 is 1.75 bits per heavy atom. The van der Waals surface area contributed by atoms with Crippen molar-refractivity contribution in [3.05, 3.63) is 59.1 Å². The van der Waals surface area contributed by atoms with Crippen molar-refractivity contribution in [1.82, 2.24) is 20.1 Å². The van der Waals surface area contributed by atoms with Crippen molar-refractivity contribution in [1.29, 1.82) is 0 Å². The van der Waals surface area contributed by atoms with Crippen LogP contribution in [0.15, 0.2) is 53.7 Å². The predicted molar refractivity (Wildman–Crippen MR) is 111 cm³/mol. The minimum Gasteiger partial charge on any atom is -0.355 e. The van der Waals surface area contributed by atoms with E-state index in [1.54, 1.807) is 43.4 Å². The van der Waals surface area contributed by atoms with Crippen LogP contribution in [-0.2, 0) is 11.8 Å². The maximum absolute atomic E-state index is 12.2. The highest BCUT2D eigenvalue weighted by molar-refractivity contribution is 7.99. The van der Waals surface area contributed by atoms with E-state index in [1.807, 2.05) is 23.7 Å². The number of benzene rings is 2. The second-order valence-corrected chi connectivity index (χ2v) is 7.24. The molecule has 2 amide bonds. The molecule has 28 heavy (non-hydrogen) atoms. The number of nitrogens with one attached hydrogen (secondary N) is 2. The molecule has 1 aromatic heterocycles. The molecule has 144 valence electrons. The smallest absolute Gasteiger partial charge is 0.251 e. The average molecular weight is 416 g/mol. The predicted octanol–water partition coefficient (Wildman–Crippen LogP) is 3.23. The topological polar surface area (TPSA) is 88.9 Å². The van der Waals surface area contributed by atoms with Crippen LogP contribution in [0, 0.1) is 0 Å². The first-order chi connectivity index (χ1) is 13.5. The largest absolute Gasteiger partial charge is 0.355 e.